The maximum atomic E-state index is 11.3. The van der Waals surface area contributed by atoms with Crippen molar-refractivity contribution in [2.75, 3.05) is 0 Å². The van der Waals surface area contributed by atoms with Crippen LogP contribution in [0.2, 0.25) is 0 Å². The Morgan fingerprint density at radius 1 is 1.10 bits per heavy atom. The zero-order chi connectivity index (χ0) is 6.97. The minimum atomic E-state index is 0.494. The fourth-order valence-electron chi connectivity index (χ4n) is 2.01. The smallest absolute Gasteiger partial charge is 0.136 e. The van der Waals surface area contributed by atoms with Crippen LogP contribution in [0, 0.1) is 11.8 Å². The normalized spacial score (nSPS) is 34.4. The van der Waals surface area contributed by atoms with E-state index in [1.807, 2.05) is 0 Å². The molecule has 0 aliphatic heterocycles. The quantitative estimate of drug-likeness (QED) is 0.542. The van der Waals surface area contributed by atoms with Gasteiger partial charge >= 0.3 is 0 Å². The highest BCUT2D eigenvalue weighted by molar-refractivity contribution is 5.82. The van der Waals surface area contributed by atoms with Crippen molar-refractivity contribution in [3.8, 4) is 0 Å². The molecule has 2 fully saturated rings. The highest BCUT2D eigenvalue weighted by atomic mass is 16.1. The molecule has 0 spiro atoms. The monoisotopic (exact) mass is 138 g/mol. The van der Waals surface area contributed by atoms with Gasteiger partial charge in [-0.25, -0.2) is 0 Å². The summed E-state index contributed by atoms with van der Waals surface area (Å²) < 4.78 is 0. The van der Waals surface area contributed by atoms with Crippen molar-refractivity contribution in [3.63, 3.8) is 0 Å². The molecule has 1 heteroatoms. The predicted octanol–water partition coefficient (Wildman–Crippen LogP) is 2.16. The molecule has 0 aromatic rings. The molecule has 0 radical (unpaired) electrons. The lowest BCUT2D eigenvalue weighted by atomic mass is 9.85. The average molecular weight is 138 g/mol. The second-order valence-corrected chi connectivity index (χ2v) is 3.66. The fourth-order valence-corrected chi connectivity index (χ4v) is 2.01. The van der Waals surface area contributed by atoms with Crippen LogP contribution in [0.25, 0.3) is 0 Å². The SMILES string of the molecule is O=C1CCCC[C@H]1C1CC1. The lowest BCUT2D eigenvalue weighted by molar-refractivity contribution is -0.125. The van der Waals surface area contributed by atoms with E-state index in [4.69, 9.17) is 0 Å². The van der Waals surface area contributed by atoms with E-state index in [0.717, 1.165) is 18.8 Å². The second-order valence-electron chi connectivity index (χ2n) is 3.66. The van der Waals surface area contributed by atoms with Crippen molar-refractivity contribution < 1.29 is 4.79 Å². The van der Waals surface area contributed by atoms with Gasteiger partial charge in [0.05, 0.1) is 0 Å². The van der Waals surface area contributed by atoms with Gasteiger partial charge in [-0.1, -0.05) is 6.42 Å². The molecule has 0 heterocycles. The zero-order valence-corrected chi connectivity index (χ0v) is 6.31. The van der Waals surface area contributed by atoms with E-state index in [2.05, 4.69) is 0 Å². The number of Topliss-reactive ketones (excluding diaryl/α,β-unsaturated/α-hetero) is 1. The van der Waals surface area contributed by atoms with Gasteiger partial charge in [0.25, 0.3) is 0 Å². The Hall–Kier alpha value is -0.330. The number of carbonyl (C=O) groups excluding carboxylic acids is 1. The van der Waals surface area contributed by atoms with Crippen LogP contribution in [0.4, 0.5) is 0 Å². The highest BCUT2D eigenvalue weighted by Gasteiger charge is 2.36. The molecular weight excluding hydrogens is 124 g/mol. The summed E-state index contributed by atoms with van der Waals surface area (Å²) in [5.74, 6) is 1.87. The van der Waals surface area contributed by atoms with Gasteiger partial charge in [-0.3, -0.25) is 4.79 Å². The van der Waals surface area contributed by atoms with E-state index >= 15 is 0 Å². The lowest BCUT2D eigenvalue weighted by Crippen LogP contribution is -2.20. The van der Waals surface area contributed by atoms with Crippen LogP contribution in [0.5, 0.6) is 0 Å². The van der Waals surface area contributed by atoms with Crippen molar-refractivity contribution in [1.29, 1.82) is 0 Å². The Labute approximate surface area is 61.8 Å². The minimum absolute atomic E-state index is 0.494. The summed E-state index contributed by atoms with van der Waals surface area (Å²) >= 11 is 0. The third-order valence-corrected chi connectivity index (χ3v) is 2.79. The summed E-state index contributed by atoms with van der Waals surface area (Å²) in [5, 5.41) is 0. The van der Waals surface area contributed by atoms with Crippen LogP contribution in [0.1, 0.15) is 38.5 Å². The Morgan fingerprint density at radius 2 is 1.90 bits per heavy atom. The van der Waals surface area contributed by atoms with E-state index in [1.54, 1.807) is 0 Å². The van der Waals surface area contributed by atoms with Crippen molar-refractivity contribution in [3.05, 3.63) is 0 Å². The van der Waals surface area contributed by atoms with E-state index in [-0.39, 0.29) is 0 Å². The van der Waals surface area contributed by atoms with Crippen LogP contribution in [-0.4, -0.2) is 5.78 Å². The molecule has 0 aromatic carbocycles. The molecule has 0 aromatic heterocycles. The highest BCUT2D eigenvalue weighted by Crippen LogP contribution is 2.42. The minimum Gasteiger partial charge on any atom is -0.299 e. The Morgan fingerprint density at radius 3 is 2.50 bits per heavy atom. The molecule has 0 unspecified atom stereocenters. The third-order valence-electron chi connectivity index (χ3n) is 2.79. The second kappa shape index (κ2) is 2.37. The molecule has 2 rings (SSSR count). The number of rotatable bonds is 1. The number of hydrogen-bond acceptors (Lipinski definition) is 1. The maximum absolute atomic E-state index is 11.3. The molecule has 2 aliphatic carbocycles. The van der Waals surface area contributed by atoms with Crippen LogP contribution in [-0.2, 0) is 4.79 Å². The van der Waals surface area contributed by atoms with Gasteiger partial charge in [0, 0.05) is 12.3 Å². The first-order valence-corrected chi connectivity index (χ1v) is 4.40. The molecule has 1 nitrogen and oxygen atoms in total. The molecule has 0 amide bonds. The van der Waals surface area contributed by atoms with E-state index in [1.165, 1.54) is 25.7 Å². The number of hydrogen-bond donors (Lipinski definition) is 0. The van der Waals surface area contributed by atoms with Crippen LogP contribution >= 0.6 is 0 Å². The van der Waals surface area contributed by atoms with Crippen LogP contribution in [0.3, 0.4) is 0 Å². The van der Waals surface area contributed by atoms with Gasteiger partial charge in [0.1, 0.15) is 5.78 Å². The van der Waals surface area contributed by atoms with Gasteiger partial charge in [-0.05, 0) is 31.6 Å². The maximum Gasteiger partial charge on any atom is 0.136 e. The summed E-state index contributed by atoms with van der Waals surface area (Å²) in [6, 6.07) is 0. The summed E-state index contributed by atoms with van der Waals surface area (Å²) in [6.07, 6.45) is 7.19. The van der Waals surface area contributed by atoms with Crippen molar-refractivity contribution in [1.82, 2.24) is 0 Å². The molecule has 2 saturated carbocycles. The molecule has 0 N–H and O–H groups in total. The molecule has 1 atom stereocenters. The predicted molar refractivity (Wildman–Crippen MR) is 39.7 cm³/mol. The fraction of sp³-hybridized carbons (Fsp3) is 0.889. The Kier molecular flexibility index (Phi) is 1.51. The standard InChI is InChI=1S/C9H14O/c10-9-4-2-1-3-8(9)7-5-6-7/h7-8H,1-6H2/t8-/m0/s1. The van der Waals surface area contributed by atoms with Crippen LogP contribution < -0.4 is 0 Å². The number of ketones is 1. The molecule has 10 heavy (non-hydrogen) atoms. The first kappa shape index (κ1) is 6.38. The Balaban J connectivity index is 1.96. The summed E-state index contributed by atoms with van der Waals surface area (Å²) in [4.78, 5) is 11.3. The molecule has 0 saturated heterocycles. The van der Waals surface area contributed by atoms with Gasteiger partial charge < -0.3 is 0 Å². The first-order chi connectivity index (χ1) is 4.88. The van der Waals surface area contributed by atoms with E-state index in [9.17, 15) is 4.79 Å². The lowest BCUT2D eigenvalue weighted by Gasteiger charge is -2.19. The summed E-state index contributed by atoms with van der Waals surface area (Å²) in [7, 11) is 0. The van der Waals surface area contributed by atoms with Crippen molar-refractivity contribution in [2.24, 2.45) is 11.8 Å². The van der Waals surface area contributed by atoms with Gasteiger partial charge in [-0.2, -0.15) is 0 Å². The Bertz CT molecular complexity index is 147. The van der Waals surface area contributed by atoms with Crippen LogP contribution in [0.15, 0.2) is 0 Å². The largest absolute Gasteiger partial charge is 0.299 e. The average Bonchev–Trinajstić information content (AvgIpc) is 2.71. The van der Waals surface area contributed by atoms with Crippen molar-refractivity contribution in [2.45, 2.75) is 38.5 Å². The van der Waals surface area contributed by atoms with E-state index < -0.39 is 0 Å². The topological polar surface area (TPSA) is 17.1 Å². The third kappa shape index (κ3) is 1.09. The van der Waals surface area contributed by atoms with Gasteiger partial charge in [0.15, 0.2) is 0 Å². The molecule has 2 aliphatic rings. The molecule has 0 bridgehead atoms. The summed E-state index contributed by atoms with van der Waals surface area (Å²) in [6.45, 7) is 0. The summed E-state index contributed by atoms with van der Waals surface area (Å²) in [5.41, 5.74) is 0. The first-order valence-electron chi connectivity index (χ1n) is 4.40. The van der Waals surface area contributed by atoms with Gasteiger partial charge in [-0.15, -0.1) is 0 Å². The molecule has 56 valence electrons. The van der Waals surface area contributed by atoms with Gasteiger partial charge in [0.2, 0.25) is 0 Å². The van der Waals surface area contributed by atoms with E-state index in [0.29, 0.717) is 11.7 Å². The number of carbonyl (C=O) groups is 1. The molecular formula is C9H14O. The van der Waals surface area contributed by atoms with Crippen molar-refractivity contribution >= 4 is 5.78 Å². The zero-order valence-electron chi connectivity index (χ0n) is 6.31.